The lowest BCUT2D eigenvalue weighted by Gasteiger charge is -2.22. The number of fused-ring (bicyclic) bond motifs is 2. The third-order valence-electron chi connectivity index (χ3n) is 7.40. The van der Waals surface area contributed by atoms with E-state index in [1.54, 1.807) is 12.3 Å². The van der Waals surface area contributed by atoms with Crippen LogP contribution in [0.1, 0.15) is 24.3 Å². The number of nitrogens with zero attached hydrogens (tertiary/aromatic N) is 6. The molecule has 2 atom stereocenters. The number of halogens is 2. The number of pyridine rings is 3. The smallest absolute Gasteiger partial charge is 0.168 e. The van der Waals surface area contributed by atoms with E-state index in [0.29, 0.717) is 29.4 Å². The summed E-state index contributed by atoms with van der Waals surface area (Å²) in [7, 11) is 0. The molecule has 2 saturated heterocycles. The summed E-state index contributed by atoms with van der Waals surface area (Å²) >= 11 is 0. The fourth-order valence-corrected chi connectivity index (χ4v) is 5.44. The highest BCUT2D eigenvalue weighted by atomic mass is 19.1. The Morgan fingerprint density at radius 3 is 2.58 bits per heavy atom. The van der Waals surface area contributed by atoms with E-state index >= 15 is 0 Å². The van der Waals surface area contributed by atoms with Crippen molar-refractivity contribution in [2.24, 2.45) is 11.8 Å². The predicted octanol–water partition coefficient (Wildman–Crippen LogP) is 4.04. The van der Waals surface area contributed by atoms with Gasteiger partial charge >= 0.3 is 0 Å². The molecular weight excluding hydrogens is 462 g/mol. The predicted molar refractivity (Wildman–Crippen MR) is 132 cm³/mol. The van der Waals surface area contributed by atoms with Crippen molar-refractivity contribution < 1.29 is 8.78 Å². The minimum Gasteiger partial charge on any atom is -0.355 e. The zero-order chi connectivity index (χ0) is 24.2. The highest BCUT2D eigenvalue weighted by Crippen LogP contribution is 2.45. The van der Waals surface area contributed by atoms with E-state index in [1.165, 1.54) is 18.4 Å². The first-order chi connectivity index (χ1) is 17.6. The van der Waals surface area contributed by atoms with Crippen LogP contribution < -0.4 is 15.5 Å². The van der Waals surface area contributed by atoms with Gasteiger partial charge < -0.3 is 15.5 Å². The molecule has 0 aromatic carbocycles. The molecule has 3 aliphatic rings. The molecule has 0 amide bonds. The summed E-state index contributed by atoms with van der Waals surface area (Å²) in [6.45, 7) is 4.02. The first-order valence-corrected chi connectivity index (χ1v) is 12.3. The van der Waals surface area contributed by atoms with E-state index in [9.17, 15) is 8.78 Å². The molecule has 2 N–H and O–H groups in total. The van der Waals surface area contributed by atoms with Crippen molar-refractivity contribution >= 4 is 28.4 Å². The lowest BCUT2D eigenvalue weighted by molar-refractivity contribution is 0.533. The number of nitrogens with one attached hydrogen (secondary N) is 2. The monoisotopic (exact) mass is 486 g/mol. The fourth-order valence-electron chi connectivity index (χ4n) is 5.44. The number of rotatable bonds is 5. The maximum atomic E-state index is 14.1. The molecule has 2 aliphatic heterocycles. The zero-order valence-electron chi connectivity index (χ0n) is 19.5. The SMILES string of the molecule is Fc1cnc(Nc2cc(-c3nc(N4CC5CNCC5C4)c4c(C5CC5)cncc4n3)ccn2)c(F)c1. The van der Waals surface area contributed by atoms with Crippen LogP contribution in [0.15, 0.2) is 43.0 Å². The van der Waals surface area contributed by atoms with Crippen LogP contribution >= 0.6 is 0 Å². The Morgan fingerprint density at radius 2 is 1.81 bits per heavy atom. The quantitative estimate of drug-likeness (QED) is 0.437. The summed E-state index contributed by atoms with van der Waals surface area (Å²) in [5.41, 5.74) is 2.79. The summed E-state index contributed by atoms with van der Waals surface area (Å²) in [5, 5.41) is 7.44. The second kappa shape index (κ2) is 8.41. The lowest BCUT2D eigenvalue weighted by atomic mass is 10.0. The van der Waals surface area contributed by atoms with Crippen molar-refractivity contribution in [1.82, 2.24) is 30.2 Å². The van der Waals surface area contributed by atoms with Crippen LogP contribution in [0.4, 0.5) is 26.2 Å². The Bertz CT molecular complexity index is 1460. The highest BCUT2D eigenvalue weighted by molar-refractivity contribution is 5.94. The van der Waals surface area contributed by atoms with E-state index in [0.717, 1.165) is 60.7 Å². The van der Waals surface area contributed by atoms with Crippen molar-refractivity contribution in [1.29, 1.82) is 0 Å². The summed E-state index contributed by atoms with van der Waals surface area (Å²) in [5.74, 6) is 2.02. The molecule has 4 aromatic heterocycles. The first kappa shape index (κ1) is 21.5. The maximum absolute atomic E-state index is 14.1. The van der Waals surface area contributed by atoms with Gasteiger partial charge in [-0.25, -0.2) is 28.7 Å². The standard InChI is InChI=1S/C26H24F2N8/c27-18-6-20(28)25(32-9-18)34-22-5-15(3-4-31-22)24-33-21-11-30-10-19(14-1-2-14)23(21)26(35-24)36-12-16-7-29-8-17(16)13-36/h3-6,9-11,14,16-17,29H,1-2,7-8,12-13H2,(H,31,32,34). The lowest BCUT2D eigenvalue weighted by Crippen LogP contribution is -2.27. The van der Waals surface area contributed by atoms with Crippen LogP contribution in [0.5, 0.6) is 0 Å². The molecule has 1 saturated carbocycles. The molecule has 182 valence electrons. The third-order valence-corrected chi connectivity index (χ3v) is 7.40. The zero-order valence-corrected chi connectivity index (χ0v) is 19.5. The minimum absolute atomic E-state index is 0.100. The summed E-state index contributed by atoms with van der Waals surface area (Å²) < 4.78 is 27.4. The molecule has 1 aliphatic carbocycles. The molecule has 0 spiro atoms. The Balaban J connectivity index is 1.30. The van der Waals surface area contributed by atoms with Crippen LogP contribution in [-0.2, 0) is 0 Å². The maximum Gasteiger partial charge on any atom is 0.168 e. The van der Waals surface area contributed by atoms with Crippen molar-refractivity contribution in [2.45, 2.75) is 18.8 Å². The van der Waals surface area contributed by atoms with E-state index < -0.39 is 11.6 Å². The van der Waals surface area contributed by atoms with Gasteiger partial charge in [-0.2, -0.15) is 0 Å². The third kappa shape index (κ3) is 3.81. The van der Waals surface area contributed by atoms with Gasteiger partial charge in [0.05, 0.1) is 17.9 Å². The van der Waals surface area contributed by atoms with Crippen molar-refractivity contribution in [3.05, 3.63) is 60.2 Å². The average Bonchev–Trinajstić information content (AvgIpc) is 3.51. The Labute approximate surface area is 206 Å². The highest BCUT2D eigenvalue weighted by Gasteiger charge is 2.38. The van der Waals surface area contributed by atoms with Crippen LogP contribution in [0.2, 0.25) is 0 Å². The number of anilines is 3. The number of hydrogen-bond acceptors (Lipinski definition) is 8. The van der Waals surface area contributed by atoms with E-state index in [-0.39, 0.29) is 5.82 Å². The number of hydrogen-bond donors (Lipinski definition) is 2. The van der Waals surface area contributed by atoms with Gasteiger partial charge in [0.2, 0.25) is 0 Å². The molecule has 4 aromatic rings. The molecule has 0 radical (unpaired) electrons. The molecule has 7 rings (SSSR count). The summed E-state index contributed by atoms with van der Waals surface area (Å²) in [4.78, 5) is 25.0. The van der Waals surface area contributed by atoms with E-state index in [4.69, 9.17) is 9.97 Å². The van der Waals surface area contributed by atoms with E-state index in [2.05, 4.69) is 30.5 Å². The van der Waals surface area contributed by atoms with Crippen LogP contribution in [0.3, 0.4) is 0 Å². The van der Waals surface area contributed by atoms with Crippen molar-refractivity contribution in [2.75, 3.05) is 36.4 Å². The Morgan fingerprint density at radius 1 is 0.972 bits per heavy atom. The molecule has 10 heteroatoms. The average molecular weight is 487 g/mol. The van der Waals surface area contributed by atoms with E-state index in [1.807, 2.05) is 18.5 Å². The number of aromatic nitrogens is 5. The van der Waals surface area contributed by atoms with Gasteiger partial charge in [-0.1, -0.05) is 0 Å². The molecule has 6 heterocycles. The second-order valence-corrected chi connectivity index (χ2v) is 9.89. The molecular formula is C26H24F2N8. The van der Waals surface area contributed by atoms with Gasteiger partial charge in [0.15, 0.2) is 17.5 Å². The summed E-state index contributed by atoms with van der Waals surface area (Å²) in [6, 6.07) is 4.35. The molecule has 2 unspecified atom stereocenters. The van der Waals surface area contributed by atoms with Gasteiger partial charge in [-0.15, -0.1) is 0 Å². The van der Waals surface area contributed by atoms with Crippen molar-refractivity contribution in [3.63, 3.8) is 0 Å². The van der Waals surface area contributed by atoms with Gasteiger partial charge in [-0.3, -0.25) is 4.98 Å². The molecule has 3 fully saturated rings. The van der Waals surface area contributed by atoms with Crippen LogP contribution in [0, 0.1) is 23.5 Å². The second-order valence-electron chi connectivity index (χ2n) is 9.89. The minimum atomic E-state index is -0.792. The molecule has 36 heavy (non-hydrogen) atoms. The Hall–Kier alpha value is -3.79. The van der Waals surface area contributed by atoms with Crippen molar-refractivity contribution in [3.8, 4) is 11.4 Å². The fraction of sp³-hybridized carbons (Fsp3) is 0.346. The normalized spacial score (nSPS) is 21.2. The van der Waals surface area contributed by atoms with Crippen LogP contribution in [0.25, 0.3) is 22.3 Å². The first-order valence-electron chi connectivity index (χ1n) is 12.3. The largest absolute Gasteiger partial charge is 0.355 e. The Kier molecular flexibility index (Phi) is 5.02. The van der Waals surface area contributed by atoms with Gasteiger partial charge in [-0.05, 0) is 48.3 Å². The van der Waals surface area contributed by atoms with Crippen LogP contribution in [-0.4, -0.2) is 51.1 Å². The van der Waals surface area contributed by atoms with Gasteiger partial charge in [0, 0.05) is 55.6 Å². The topological polar surface area (TPSA) is 91.8 Å². The van der Waals surface area contributed by atoms with Gasteiger partial charge in [0.25, 0.3) is 0 Å². The molecule has 0 bridgehead atoms. The van der Waals surface area contributed by atoms with Gasteiger partial charge in [0.1, 0.15) is 17.5 Å². The molecule has 8 nitrogen and oxygen atoms in total. The summed E-state index contributed by atoms with van der Waals surface area (Å²) in [6.07, 6.45) is 8.70.